The Morgan fingerprint density at radius 2 is 2.00 bits per heavy atom. The Balaban J connectivity index is 3.26. The van der Waals surface area contributed by atoms with E-state index in [0.29, 0.717) is 5.71 Å². The lowest BCUT2D eigenvalue weighted by Crippen LogP contribution is -2.68. The highest BCUT2D eigenvalue weighted by Crippen LogP contribution is 2.28. The van der Waals surface area contributed by atoms with Crippen LogP contribution in [0.25, 0.3) is 0 Å². The highest BCUT2D eigenvalue weighted by molar-refractivity contribution is 7.93. The summed E-state index contributed by atoms with van der Waals surface area (Å²) in [7, 11) is -3.44. The molecular formula is C11H20N4O2S. The lowest BCUT2D eigenvalue weighted by Gasteiger charge is -2.42. The molecule has 0 aromatic rings. The number of sulfone groups is 1. The molecule has 1 atom stereocenters. The topological polar surface area (TPSA) is 108 Å². The van der Waals surface area contributed by atoms with E-state index in [1.54, 1.807) is 13.8 Å². The van der Waals surface area contributed by atoms with E-state index >= 15 is 0 Å². The van der Waals surface area contributed by atoms with Crippen molar-refractivity contribution in [2.24, 2.45) is 10.7 Å². The van der Waals surface area contributed by atoms with Gasteiger partial charge in [0.05, 0.1) is 11.3 Å². The summed E-state index contributed by atoms with van der Waals surface area (Å²) in [6.07, 6.45) is 0. The fourth-order valence-electron chi connectivity index (χ4n) is 1.71. The summed E-state index contributed by atoms with van der Waals surface area (Å²) >= 11 is 0. The molecule has 0 spiro atoms. The van der Waals surface area contributed by atoms with Gasteiger partial charge in [0, 0.05) is 5.71 Å². The molecule has 6 nitrogen and oxygen atoms in total. The van der Waals surface area contributed by atoms with Crippen LogP contribution in [0.2, 0.25) is 0 Å². The minimum atomic E-state index is -3.44. The number of hydrogen-bond acceptors (Lipinski definition) is 5. The third-order valence-electron chi connectivity index (χ3n) is 3.37. The van der Waals surface area contributed by atoms with Crippen LogP contribution in [0.4, 0.5) is 0 Å². The molecule has 1 heterocycles. The van der Waals surface area contributed by atoms with E-state index in [4.69, 9.17) is 11.1 Å². The number of rotatable bonds is 2. The summed E-state index contributed by atoms with van der Waals surface area (Å²) < 4.78 is 23.3. The van der Waals surface area contributed by atoms with Crippen molar-refractivity contribution in [1.29, 1.82) is 5.41 Å². The van der Waals surface area contributed by atoms with Gasteiger partial charge >= 0.3 is 0 Å². The Kier molecular flexibility index (Phi) is 3.33. The van der Waals surface area contributed by atoms with E-state index in [1.807, 2.05) is 0 Å². The van der Waals surface area contributed by atoms with Crippen LogP contribution in [0.1, 0.15) is 27.7 Å². The van der Waals surface area contributed by atoms with Gasteiger partial charge in [-0.15, -0.1) is 0 Å². The van der Waals surface area contributed by atoms with Crippen molar-refractivity contribution < 1.29 is 8.42 Å². The van der Waals surface area contributed by atoms with E-state index in [0.717, 1.165) is 0 Å². The molecule has 1 rings (SSSR count). The molecule has 1 saturated heterocycles. The molecule has 0 aromatic carbocycles. The molecule has 0 amide bonds. The van der Waals surface area contributed by atoms with Crippen LogP contribution >= 0.6 is 0 Å². The quantitative estimate of drug-likeness (QED) is 0.632. The Morgan fingerprint density at radius 1 is 1.50 bits per heavy atom. The fraction of sp³-hybridized carbons (Fsp3) is 0.636. The van der Waals surface area contributed by atoms with Crippen molar-refractivity contribution in [3.63, 3.8) is 0 Å². The SMILES string of the molecule is C=C(N)/N=C(\C)C1(C)CS(=O)(=O)C(C)(C)C(=N)N1. The normalized spacial score (nSPS) is 30.7. The average molecular weight is 272 g/mol. The van der Waals surface area contributed by atoms with Gasteiger partial charge in [-0.1, -0.05) is 6.58 Å². The van der Waals surface area contributed by atoms with E-state index < -0.39 is 20.1 Å². The highest BCUT2D eigenvalue weighted by atomic mass is 32.2. The van der Waals surface area contributed by atoms with E-state index in [9.17, 15) is 8.42 Å². The molecule has 18 heavy (non-hydrogen) atoms. The first-order chi connectivity index (χ1) is 7.92. The minimum Gasteiger partial charge on any atom is -0.384 e. The molecule has 0 bridgehead atoms. The number of amidine groups is 1. The summed E-state index contributed by atoms with van der Waals surface area (Å²) in [6, 6.07) is 0. The van der Waals surface area contributed by atoms with Gasteiger partial charge in [-0.25, -0.2) is 13.4 Å². The van der Waals surface area contributed by atoms with Gasteiger partial charge in [0.2, 0.25) is 0 Å². The number of hydrogen-bond donors (Lipinski definition) is 3. The van der Waals surface area contributed by atoms with Crippen LogP contribution in [0, 0.1) is 5.41 Å². The summed E-state index contributed by atoms with van der Waals surface area (Å²) in [6.45, 7) is 9.87. The molecule has 1 fully saturated rings. The van der Waals surface area contributed by atoms with Gasteiger partial charge in [-0.2, -0.15) is 0 Å². The third-order valence-corrected chi connectivity index (χ3v) is 6.09. The van der Waals surface area contributed by atoms with Crippen LogP contribution in [0.5, 0.6) is 0 Å². The summed E-state index contributed by atoms with van der Waals surface area (Å²) in [5.74, 6) is -0.0458. The van der Waals surface area contributed by atoms with Crippen molar-refractivity contribution in [2.45, 2.75) is 38.0 Å². The van der Waals surface area contributed by atoms with E-state index in [-0.39, 0.29) is 17.4 Å². The predicted molar refractivity (Wildman–Crippen MR) is 73.6 cm³/mol. The monoisotopic (exact) mass is 272 g/mol. The number of nitrogens with one attached hydrogen (secondary N) is 2. The van der Waals surface area contributed by atoms with Crippen molar-refractivity contribution in [1.82, 2.24) is 5.32 Å². The summed E-state index contributed by atoms with van der Waals surface area (Å²) in [4.78, 5) is 4.00. The van der Waals surface area contributed by atoms with Crippen molar-refractivity contribution in [2.75, 3.05) is 5.75 Å². The van der Waals surface area contributed by atoms with E-state index in [2.05, 4.69) is 16.9 Å². The van der Waals surface area contributed by atoms with Crippen molar-refractivity contribution >= 4 is 21.4 Å². The zero-order valence-corrected chi connectivity index (χ0v) is 12.0. The minimum absolute atomic E-state index is 0.0339. The lowest BCUT2D eigenvalue weighted by molar-refractivity contribution is 0.514. The zero-order chi connectivity index (χ0) is 14.4. The van der Waals surface area contributed by atoms with Crippen LogP contribution in [-0.4, -0.2) is 36.0 Å². The van der Waals surface area contributed by atoms with Gasteiger partial charge in [-0.3, -0.25) is 5.41 Å². The predicted octanol–water partition coefficient (Wildman–Crippen LogP) is 0.410. The second-order valence-corrected chi connectivity index (χ2v) is 7.83. The molecular weight excluding hydrogens is 252 g/mol. The fourth-order valence-corrected chi connectivity index (χ4v) is 3.48. The van der Waals surface area contributed by atoms with Crippen molar-refractivity contribution in [3.05, 3.63) is 12.4 Å². The zero-order valence-electron chi connectivity index (χ0n) is 11.2. The molecule has 4 N–H and O–H groups in total. The molecule has 1 aliphatic rings. The first kappa shape index (κ1) is 14.7. The van der Waals surface area contributed by atoms with Crippen LogP contribution in [0.3, 0.4) is 0 Å². The van der Waals surface area contributed by atoms with Crippen LogP contribution < -0.4 is 11.1 Å². The number of nitrogens with zero attached hydrogens (tertiary/aromatic N) is 1. The van der Waals surface area contributed by atoms with E-state index in [1.165, 1.54) is 13.8 Å². The summed E-state index contributed by atoms with van der Waals surface area (Å²) in [5, 5.41) is 10.8. The number of nitrogens with two attached hydrogens (primary N) is 1. The molecule has 0 saturated carbocycles. The van der Waals surface area contributed by atoms with Gasteiger partial charge in [0.15, 0.2) is 9.84 Å². The third kappa shape index (κ3) is 2.27. The maximum Gasteiger partial charge on any atom is 0.165 e. The Labute approximate surface area is 108 Å². The maximum atomic E-state index is 12.2. The lowest BCUT2D eigenvalue weighted by atomic mass is 9.96. The first-order valence-electron chi connectivity index (χ1n) is 5.52. The smallest absolute Gasteiger partial charge is 0.165 e. The molecule has 102 valence electrons. The molecule has 0 aromatic heterocycles. The van der Waals surface area contributed by atoms with Crippen LogP contribution in [-0.2, 0) is 9.84 Å². The highest BCUT2D eigenvalue weighted by Gasteiger charge is 2.50. The Morgan fingerprint density at radius 3 is 2.39 bits per heavy atom. The number of aliphatic imine (C=N–C) groups is 1. The average Bonchev–Trinajstić information content (AvgIpc) is 2.13. The standard InChI is InChI=1S/C11H20N4O2S/c1-7(14-8(2)12)11(5)6-18(16,17)10(3,4)9(13)15-11/h2,6,12H2,1,3-5H3,(H2,13,15)/b14-7+. The maximum absolute atomic E-state index is 12.2. The largest absolute Gasteiger partial charge is 0.384 e. The van der Waals surface area contributed by atoms with Crippen LogP contribution in [0.15, 0.2) is 17.4 Å². The molecule has 7 heteroatoms. The second kappa shape index (κ2) is 4.08. The molecule has 1 unspecified atom stereocenters. The second-order valence-electron chi connectivity index (χ2n) is 5.29. The van der Waals surface area contributed by atoms with Crippen molar-refractivity contribution in [3.8, 4) is 0 Å². The van der Waals surface area contributed by atoms with Gasteiger partial charge in [-0.05, 0) is 27.7 Å². The summed E-state index contributed by atoms with van der Waals surface area (Å²) in [5.41, 5.74) is 4.98. The first-order valence-corrected chi connectivity index (χ1v) is 7.17. The Hall–Kier alpha value is -1.37. The Bertz CT molecular complexity index is 533. The molecule has 0 aliphatic carbocycles. The molecule has 0 radical (unpaired) electrons. The molecule has 1 aliphatic heterocycles. The van der Waals surface area contributed by atoms with Gasteiger partial charge in [0.1, 0.15) is 16.4 Å². The van der Waals surface area contributed by atoms with Gasteiger partial charge < -0.3 is 11.1 Å². The van der Waals surface area contributed by atoms with Gasteiger partial charge in [0.25, 0.3) is 0 Å².